The summed E-state index contributed by atoms with van der Waals surface area (Å²) in [6.45, 7) is 2.10. The molecule has 146 valence electrons. The Kier molecular flexibility index (Phi) is 5.62. The lowest BCUT2D eigenvalue weighted by Gasteiger charge is -2.11. The van der Waals surface area contributed by atoms with Crippen LogP contribution in [0.4, 0.5) is 24.8 Å². The van der Waals surface area contributed by atoms with Crippen LogP contribution in [0.2, 0.25) is 0 Å². The van der Waals surface area contributed by atoms with Crippen LogP contribution in [0, 0.1) is 0 Å². The molecule has 0 radical (unpaired) electrons. The van der Waals surface area contributed by atoms with Crippen molar-refractivity contribution in [2.45, 2.75) is 13.1 Å². The van der Waals surface area contributed by atoms with Gasteiger partial charge in [0, 0.05) is 11.3 Å². The molecule has 0 bridgehead atoms. The Bertz CT molecular complexity index is 964. The van der Waals surface area contributed by atoms with Crippen molar-refractivity contribution in [1.82, 2.24) is 15.0 Å². The van der Waals surface area contributed by atoms with Gasteiger partial charge >= 0.3 is 12.2 Å². The lowest BCUT2D eigenvalue weighted by Crippen LogP contribution is -2.07. The molecule has 0 aliphatic rings. The van der Waals surface area contributed by atoms with Gasteiger partial charge in [-0.3, -0.25) is 0 Å². The minimum Gasteiger partial charge on any atom is -0.497 e. The molecule has 0 atom stereocenters. The van der Waals surface area contributed by atoms with E-state index in [1.54, 1.807) is 38.3 Å². The Labute approximate surface area is 159 Å². The molecular formula is C19H17F3N4O2. The molecule has 28 heavy (non-hydrogen) atoms. The average molecular weight is 390 g/mol. The number of nitrogens with one attached hydrogen (secondary N) is 1. The summed E-state index contributed by atoms with van der Waals surface area (Å²) in [7, 11) is 1.54. The predicted octanol–water partition coefficient (Wildman–Crippen LogP) is 4.71. The molecule has 0 fully saturated rings. The van der Waals surface area contributed by atoms with Gasteiger partial charge in [-0.15, -0.1) is 0 Å². The molecule has 9 heteroatoms. The Morgan fingerprint density at radius 1 is 1.00 bits per heavy atom. The highest BCUT2D eigenvalue weighted by atomic mass is 19.4. The van der Waals surface area contributed by atoms with E-state index in [1.807, 2.05) is 0 Å². The zero-order chi connectivity index (χ0) is 20.1. The Morgan fingerprint density at radius 2 is 1.79 bits per heavy atom. The average Bonchev–Trinajstić information content (AvgIpc) is 2.68. The second-order valence-electron chi connectivity index (χ2n) is 5.63. The van der Waals surface area contributed by atoms with Gasteiger partial charge in [0.1, 0.15) is 5.75 Å². The first kappa shape index (κ1) is 19.4. The second kappa shape index (κ2) is 8.12. The van der Waals surface area contributed by atoms with Crippen LogP contribution in [0.1, 0.15) is 12.5 Å². The quantitative estimate of drug-likeness (QED) is 0.658. The van der Waals surface area contributed by atoms with E-state index in [1.165, 1.54) is 12.1 Å². The number of methoxy groups -OCH3 is 1. The highest BCUT2D eigenvalue weighted by molar-refractivity contribution is 5.61. The molecule has 0 saturated heterocycles. The maximum atomic E-state index is 12.9. The first-order valence-electron chi connectivity index (χ1n) is 8.36. The van der Waals surface area contributed by atoms with Gasteiger partial charge < -0.3 is 14.8 Å². The van der Waals surface area contributed by atoms with E-state index in [0.717, 1.165) is 12.1 Å². The van der Waals surface area contributed by atoms with E-state index in [9.17, 15) is 13.2 Å². The summed E-state index contributed by atoms with van der Waals surface area (Å²) < 4.78 is 49.3. The molecule has 2 aromatic carbocycles. The largest absolute Gasteiger partial charge is 0.497 e. The van der Waals surface area contributed by atoms with Gasteiger partial charge in [-0.2, -0.15) is 28.1 Å². The lowest BCUT2D eigenvalue weighted by molar-refractivity contribution is -0.137. The molecule has 1 heterocycles. The van der Waals surface area contributed by atoms with Crippen LogP contribution in [0.25, 0.3) is 11.4 Å². The number of halogens is 3. The zero-order valence-electron chi connectivity index (χ0n) is 15.1. The van der Waals surface area contributed by atoms with Gasteiger partial charge in [-0.1, -0.05) is 18.2 Å². The summed E-state index contributed by atoms with van der Waals surface area (Å²) in [4.78, 5) is 12.7. The summed E-state index contributed by atoms with van der Waals surface area (Å²) in [5.74, 6) is 0.977. The minimum atomic E-state index is -4.45. The molecule has 3 rings (SSSR count). The van der Waals surface area contributed by atoms with Crippen molar-refractivity contribution >= 4 is 11.6 Å². The van der Waals surface area contributed by atoms with Crippen LogP contribution >= 0.6 is 0 Å². The molecule has 1 N–H and O–H groups in total. The Balaban J connectivity index is 1.98. The normalized spacial score (nSPS) is 11.2. The fraction of sp³-hybridized carbons (Fsp3) is 0.211. The standard InChI is InChI=1S/C19H17F3N4O2/c1-3-28-18-25-16(12-6-4-9-15(10-12)27-2)24-17(26-18)23-14-8-5-7-13(11-14)19(20,21)22/h4-11H,3H2,1-2H3,(H,23,24,25,26). The van der Waals surface area contributed by atoms with Crippen molar-refractivity contribution in [3.05, 3.63) is 54.1 Å². The van der Waals surface area contributed by atoms with Crippen LogP contribution in [0.3, 0.4) is 0 Å². The predicted molar refractivity (Wildman–Crippen MR) is 97.7 cm³/mol. The van der Waals surface area contributed by atoms with E-state index >= 15 is 0 Å². The summed E-state index contributed by atoms with van der Waals surface area (Å²) in [6, 6.07) is 11.9. The minimum absolute atomic E-state index is 0.0600. The highest BCUT2D eigenvalue weighted by Crippen LogP contribution is 2.31. The SMILES string of the molecule is CCOc1nc(Nc2cccc(C(F)(F)F)c2)nc(-c2cccc(OC)c2)n1. The van der Waals surface area contributed by atoms with Crippen molar-refractivity contribution in [3.63, 3.8) is 0 Å². The molecular weight excluding hydrogens is 373 g/mol. The third-order valence-electron chi connectivity index (χ3n) is 3.66. The van der Waals surface area contributed by atoms with E-state index < -0.39 is 11.7 Å². The van der Waals surface area contributed by atoms with Gasteiger partial charge in [0.05, 0.1) is 19.3 Å². The van der Waals surface area contributed by atoms with E-state index in [2.05, 4.69) is 20.3 Å². The van der Waals surface area contributed by atoms with Crippen molar-refractivity contribution in [2.75, 3.05) is 19.0 Å². The third-order valence-corrected chi connectivity index (χ3v) is 3.66. The first-order chi connectivity index (χ1) is 13.4. The van der Waals surface area contributed by atoms with Gasteiger partial charge in [-0.25, -0.2) is 0 Å². The van der Waals surface area contributed by atoms with Crippen LogP contribution in [-0.4, -0.2) is 28.7 Å². The van der Waals surface area contributed by atoms with Crippen LogP contribution < -0.4 is 14.8 Å². The van der Waals surface area contributed by atoms with Crippen LogP contribution in [0.15, 0.2) is 48.5 Å². The Hall–Kier alpha value is -3.36. The second-order valence-corrected chi connectivity index (χ2v) is 5.63. The first-order valence-corrected chi connectivity index (χ1v) is 8.36. The van der Waals surface area contributed by atoms with Gasteiger partial charge in [0.2, 0.25) is 5.95 Å². The summed E-state index contributed by atoms with van der Waals surface area (Å²) in [5.41, 5.74) is 0.0690. The van der Waals surface area contributed by atoms with Gasteiger partial charge in [0.15, 0.2) is 5.82 Å². The van der Waals surface area contributed by atoms with Crippen molar-refractivity contribution in [2.24, 2.45) is 0 Å². The molecule has 6 nitrogen and oxygen atoms in total. The molecule has 3 aromatic rings. The summed E-state index contributed by atoms with van der Waals surface area (Å²) >= 11 is 0. The molecule has 0 spiro atoms. The molecule has 0 unspecified atom stereocenters. The maximum Gasteiger partial charge on any atom is 0.416 e. The maximum absolute atomic E-state index is 12.9. The van der Waals surface area contributed by atoms with E-state index in [-0.39, 0.29) is 17.6 Å². The number of hydrogen-bond donors (Lipinski definition) is 1. The van der Waals surface area contributed by atoms with E-state index in [0.29, 0.717) is 23.7 Å². The number of ether oxygens (including phenoxy) is 2. The Morgan fingerprint density at radius 3 is 2.50 bits per heavy atom. The van der Waals surface area contributed by atoms with Crippen molar-refractivity contribution < 1.29 is 22.6 Å². The van der Waals surface area contributed by atoms with Crippen molar-refractivity contribution in [3.8, 4) is 23.1 Å². The highest BCUT2D eigenvalue weighted by Gasteiger charge is 2.30. The zero-order valence-corrected chi connectivity index (χ0v) is 15.1. The molecule has 0 amide bonds. The molecule has 0 saturated carbocycles. The fourth-order valence-corrected chi connectivity index (χ4v) is 2.40. The van der Waals surface area contributed by atoms with Gasteiger partial charge in [-0.05, 0) is 37.3 Å². The number of hydrogen-bond acceptors (Lipinski definition) is 6. The fourth-order valence-electron chi connectivity index (χ4n) is 2.40. The van der Waals surface area contributed by atoms with Crippen LogP contribution in [-0.2, 0) is 6.18 Å². The topological polar surface area (TPSA) is 69.2 Å². The van der Waals surface area contributed by atoms with Crippen molar-refractivity contribution in [1.29, 1.82) is 0 Å². The smallest absolute Gasteiger partial charge is 0.416 e. The van der Waals surface area contributed by atoms with Gasteiger partial charge in [0.25, 0.3) is 0 Å². The monoisotopic (exact) mass is 390 g/mol. The number of anilines is 2. The molecule has 0 aliphatic carbocycles. The van der Waals surface area contributed by atoms with Crippen LogP contribution in [0.5, 0.6) is 11.8 Å². The molecule has 1 aromatic heterocycles. The summed E-state index contributed by atoms with van der Waals surface area (Å²) in [6.07, 6.45) is -4.45. The number of benzene rings is 2. The number of aromatic nitrogens is 3. The van der Waals surface area contributed by atoms with E-state index in [4.69, 9.17) is 9.47 Å². The summed E-state index contributed by atoms with van der Waals surface area (Å²) in [5, 5.41) is 2.78. The molecule has 0 aliphatic heterocycles. The number of alkyl halides is 3. The lowest BCUT2D eigenvalue weighted by atomic mass is 10.2. The number of nitrogens with zero attached hydrogens (tertiary/aromatic N) is 3. The number of rotatable bonds is 6. The third kappa shape index (κ3) is 4.67.